The summed E-state index contributed by atoms with van der Waals surface area (Å²) in [5, 5.41) is 9.73. The Balaban J connectivity index is 2.59. The molecule has 1 aliphatic heterocycles. The predicted octanol–water partition coefficient (Wildman–Crippen LogP) is -0.131. The van der Waals surface area contributed by atoms with Gasteiger partial charge in [-0.3, -0.25) is 14.3 Å². The fraction of sp³-hybridized carbons (Fsp3) is 0.455. The number of hydrogen-bond donors (Lipinski definition) is 2. The van der Waals surface area contributed by atoms with E-state index in [0.717, 1.165) is 12.3 Å². The van der Waals surface area contributed by atoms with Crippen LogP contribution in [0.15, 0.2) is 21.9 Å². The zero-order valence-electron chi connectivity index (χ0n) is 9.85. The molecule has 0 unspecified atom stereocenters. The zero-order chi connectivity index (χ0) is 15.1. The molecule has 0 amide bonds. The smallest absolute Gasteiger partial charge is 0.330 e. The van der Waals surface area contributed by atoms with Gasteiger partial charge in [-0.2, -0.15) is 0 Å². The number of nitrogens with one attached hydrogen (secondary N) is 1. The lowest BCUT2D eigenvalue weighted by atomic mass is 9.96. The lowest BCUT2D eigenvalue weighted by molar-refractivity contribution is -0.169. The van der Waals surface area contributed by atoms with Crippen LogP contribution in [0.1, 0.15) is 6.23 Å². The lowest BCUT2D eigenvalue weighted by Crippen LogP contribution is -2.47. The van der Waals surface area contributed by atoms with E-state index in [0.29, 0.717) is 4.57 Å². The van der Waals surface area contributed by atoms with Crippen molar-refractivity contribution in [1.82, 2.24) is 9.55 Å². The van der Waals surface area contributed by atoms with Gasteiger partial charge in [-0.1, -0.05) is 28.5 Å². The van der Waals surface area contributed by atoms with Gasteiger partial charge < -0.3 is 9.84 Å². The predicted molar refractivity (Wildman–Crippen MR) is 72.8 cm³/mol. The van der Waals surface area contributed by atoms with Crippen molar-refractivity contribution < 1.29 is 18.6 Å². The minimum absolute atomic E-state index is 0.395. The Morgan fingerprint density at radius 1 is 1.60 bits per heavy atom. The van der Waals surface area contributed by atoms with Crippen molar-refractivity contribution in [1.29, 1.82) is 0 Å². The Labute approximate surface area is 124 Å². The highest BCUT2D eigenvalue weighted by molar-refractivity contribution is 14.1. The van der Waals surface area contributed by atoms with Crippen molar-refractivity contribution in [3.8, 4) is 12.3 Å². The molecule has 2 N–H and O–H groups in total. The van der Waals surface area contributed by atoms with Gasteiger partial charge in [0.1, 0.15) is 0 Å². The molecule has 1 aromatic heterocycles. The van der Waals surface area contributed by atoms with Gasteiger partial charge in [0.15, 0.2) is 12.3 Å². The Hall–Kier alpha value is -1.25. The number of terminal acetylenes is 1. The molecule has 0 aliphatic carbocycles. The first-order chi connectivity index (χ1) is 9.28. The fourth-order valence-corrected chi connectivity index (χ4v) is 2.51. The molecule has 20 heavy (non-hydrogen) atoms. The number of rotatable bonds is 2. The van der Waals surface area contributed by atoms with E-state index in [1.54, 1.807) is 28.5 Å². The minimum atomic E-state index is -2.94. The summed E-state index contributed by atoms with van der Waals surface area (Å²) in [5.74, 6) is -1.10. The van der Waals surface area contributed by atoms with Crippen molar-refractivity contribution in [3.63, 3.8) is 0 Å². The second-order valence-corrected chi connectivity index (χ2v) is 4.99. The van der Waals surface area contributed by atoms with Gasteiger partial charge in [-0.05, 0) is 0 Å². The molecule has 2 rings (SSSR count). The van der Waals surface area contributed by atoms with Gasteiger partial charge >= 0.3 is 5.69 Å². The molecule has 1 aromatic rings. The summed E-state index contributed by atoms with van der Waals surface area (Å²) in [7, 11) is 0. The van der Waals surface area contributed by atoms with Crippen molar-refractivity contribution in [2.45, 2.75) is 23.9 Å². The van der Waals surface area contributed by atoms with Crippen molar-refractivity contribution >= 4 is 22.6 Å². The molecule has 9 heteroatoms. The average Bonchev–Trinajstić information content (AvgIpc) is 2.62. The fourth-order valence-electron chi connectivity index (χ4n) is 1.91. The first-order valence-electron chi connectivity index (χ1n) is 5.37. The Kier molecular flexibility index (Phi) is 3.74. The van der Waals surface area contributed by atoms with Crippen LogP contribution in [-0.4, -0.2) is 36.7 Å². The van der Waals surface area contributed by atoms with E-state index in [2.05, 4.69) is 0 Å². The summed E-state index contributed by atoms with van der Waals surface area (Å²) in [6, 6.07) is 0.927. The van der Waals surface area contributed by atoms with Crippen LogP contribution in [0.2, 0.25) is 0 Å². The van der Waals surface area contributed by atoms with E-state index >= 15 is 0 Å². The maximum Gasteiger partial charge on any atom is 0.330 e. The maximum atomic E-state index is 14.6. The highest BCUT2D eigenvalue weighted by atomic mass is 127. The van der Waals surface area contributed by atoms with Crippen LogP contribution in [0.3, 0.4) is 0 Å². The van der Waals surface area contributed by atoms with Crippen LogP contribution in [0, 0.1) is 12.3 Å². The van der Waals surface area contributed by atoms with E-state index < -0.39 is 39.5 Å². The largest absolute Gasteiger partial charge is 0.383 e. The molecule has 4 atom stereocenters. The zero-order valence-corrected chi connectivity index (χ0v) is 12.0. The summed E-state index contributed by atoms with van der Waals surface area (Å²) < 4.78 is 33.9. The number of aromatic nitrogens is 2. The van der Waals surface area contributed by atoms with Gasteiger partial charge in [-0.15, -0.1) is 6.42 Å². The topological polar surface area (TPSA) is 84.3 Å². The van der Waals surface area contributed by atoms with E-state index in [9.17, 15) is 23.5 Å². The standard InChI is InChI=1S/C11H9F2IN2O4/c1-2-10(12)7(18)11(13,5-14)20-8(10)16-4-3-6(17)15-9(16)19/h1,3-4,7-8,18H,5H2,(H,15,17,19)/t7-,8+,10+,11+/m0/s1. The molecular formula is C11H9F2IN2O4. The Morgan fingerprint density at radius 2 is 2.25 bits per heavy atom. The summed E-state index contributed by atoms with van der Waals surface area (Å²) in [6.45, 7) is 0. The number of H-pyrrole nitrogens is 1. The van der Waals surface area contributed by atoms with Crippen LogP contribution in [0.4, 0.5) is 8.78 Å². The van der Waals surface area contributed by atoms with E-state index in [-0.39, 0.29) is 0 Å². The molecule has 2 heterocycles. The maximum absolute atomic E-state index is 14.6. The molecule has 0 spiro atoms. The summed E-state index contributed by atoms with van der Waals surface area (Å²) in [5.41, 5.74) is -4.68. The summed E-state index contributed by atoms with van der Waals surface area (Å²) >= 11 is 1.56. The first-order valence-corrected chi connectivity index (χ1v) is 6.90. The van der Waals surface area contributed by atoms with Gasteiger partial charge in [0.2, 0.25) is 5.67 Å². The quantitative estimate of drug-likeness (QED) is 0.413. The third-order valence-corrected chi connectivity index (χ3v) is 4.02. The van der Waals surface area contributed by atoms with Crippen LogP contribution in [0.5, 0.6) is 0 Å². The molecule has 108 valence electrons. The first kappa shape index (κ1) is 15.1. The monoisotopic (exact) mass is 398 g/mol. The van der Waals surface area contributed by atoms with Crippen LogP contribution >= 0.6 is 22.6 Å². The van der Waals surface area contributed by atoms with E-state index in [1.807, 2.05) is 4.98 Å². The molecule has 1 saturated heterocycles. The lowest BCUT2D eigenvalue weighted by Gasteiger charge is -2.23. The average molecular weight is 398 g/mol. The second kappa shape index (κ2) is 4.94. The molecule has 0 aromatic carbocycles. The summed E-state index contributed by atoms with van der Waals surface area (Å²) in [4.78, 5) is 24.5. The highest BCUT2D eigenvalue weighted by Crippen LogP contribution is 2.47. The van der Waals surface area contributed by atoms with Gasteiger partial charge in [-0.25, -0.2) is 13.6 Å². The number of aliphatic hydroxyl groups is 1. The third-order valence-electron chi connectivity index (χ3n) is 2.98. The number of hydrogen-bond acceptors (Lipinski definition) is 4. The third kappa shape index (κ3) is 2.07. The van der Waals surface area contributed by atoms with Crippen LogP contribution in [-0.2, 0) is 4.74 Å². The molecule has 1 fully saturated rings. The minimum Gasteiger partial charge on any atom is -0.383 e. The SMILES string of the molecule is C#C[C@]1(F)[C@H](n2ccc(=O)[nH]c2=O)O[C@](F)(CI)[C@H]1O. The number of nitrogens with zero attached hydrogens (tertiary/aromatic N) is 1. The van der Waals surface area contributed by atoms with Gasteiger partial charge in [0, 0.05) is 12.3 Å². The van der Waals surface area contributed by atoms with Crippen molar-refractivity contribution in [2.24, 2.45) is 0 Å². The summed E-state index contributed by atoms with van der Waals surface area (Å²) in [6.07, 6.45) is 1.79. The van der Waals surface area contributed by atoms with Gasteiger partial charge in [0.25, 0.3) is 11.4 Å². The van der Waals surface area contributed by atoms with Crippen molar-refractivity contribution in [2.75, 3.05) is 4.43 Å². The molecule has 0 saturated carbocycles. The van der Waals surface area contributed by atoms with Crippen molar-refractivity contribution in [3.05, 3.63) is 33.1 Å². The normalized spacial score (nSPS) is 36.8. The van der Waals surface area contributed by atoms with Crippen LogP contribution < -0.4 is 11.2 Å². The molecular weight excluding hydrogens is 389 g/mol. The number of halogens is 3. The molecule has 0 bridgehead atoms. The number of ether oxygens (including phenoxy) is 1. The van der Waals surface area contributed by atoms with E-state index in [4.69, 9.17) is 11.2 Å². The number of alkyl halides is 3. The number of aliphatic hydroxyl groups excluding tert-OH is 1. The van der Waals surface area contributed by atoms with Gasteiger partial charge in [0.05, 0.1) is 4.43 Å². The van der Waals surface area contributed by atoms with Crippen LogP contribution in [0.25, 0.3) is 0 Å². The Morgan fingerprint density at radius 3 is 2.75 bits per heavy atom. The molecule has 6 nitrogen and oxygen atoms in total. The van der Waals surface area contributed by atoms with E-state index in [1.165, 1.54) is 0 Å². The Bertz CT molecular complexity index is 684. The second-order valence-electron chi connectivity index (χ2n) is 4.22. The highest BCUT2D eigenvalue weighted by Gasteiger charge is 2.66. The number of aromatic amines is 1. The molecule has 1 aliphatic rings. The molecule has 0 radical (unpaired) electrons.